The summed E-state index contributed by atoms with van der Waals surface area (Å²) in [5.41, 5.74) is 1.58. The molecule has 0 unspecified atom stereocenters. The fourth-order valence-corrected chi connectivity index (χ4v) is 3.37. The van der Waals surface area contributed by atoms with E-state index in [0.29, 0.717) is 33.7 Å². The van der Waals surface area contributed by atoms with Gasteiger partial charge in [-0.3, -0.25) is 9.69 Å². The van der Waals surface area contributed by atoms with Crippen molar-refractivity contribution < 1.29 is 0 Å². The Morgan fingerprint density at radius 3 is 2.91 bits per heavy atom. The van der Waals surface area contributed by atoms with Crippen LogP contribution in [-0.4, -0.2) is 21.9 Å². The first-order valence-corrected chi connectivity index (χ1v) is 8.26. The minimum atomic E-state index is -0.0933. The molecule has 0 aliphatic heterocycles. The summed E-state index contributed by atoms with van der Waals surface area (Å²) < 4.78 is 0.657. The molecule has 0 atom stereocenters. The van der Waals surface area contributed by atoms with Gasteiger partial charge in [-0.2, -0.15) is 0 Å². The molecule has 2 heterocycles. The van der Waals surface area contributed by atoms with E-state index in [1.54, 1.807) is 6.07 Å². The lowest BCUT2D eigenvalue weighted by Gasteiger charge is -2.17. The summed E-state index contributed by atoms with van der Waals surface area (Å²) in [6.07, 6.45) is 0. The highest BCUT2D eigenvalue weighted by Gasteiger charge is 2.10. The van der Waals surface area contributed by atoms with Crippen LogP contribution in [0.1, 0.15) is 11.4 Å². The number of halogens is 2. The predicted octanol–water partition coefficient (Wildman–Crippen LogP) is 3.92. The molecule has 1 N–H and O–H groups in total. The van der Waals surface area contributed by atoms with Gasteiger partial charge in [0.1, 0.15) is 10.5 Å². The second kappa shape index (κ2) is 6.38. The summed E-state index contributed by atoms with van der Waals surface area (Å²) in [5, 5.41) is 2.97. The molecule has 0 amide bonds. The number of thiophene rings is 1. The Balaban J connectivity index is 1.79. The summed E-state index contributed by atoms with van der Waals surface area (Å²) in [5.74, 6) is 0.636. The number of nitrogens with one attached hydrogen (secondary N) is 1. The van der Waals surface area contributed by atoms with Crippen LogP contribution in [-0.2, 0) is 13.1 Å². The summed E-state index contributed by atoms with van der Waals surface area (Å²) in [6, 6.07) is 7.42. The first kappa shape index (κ1) is 15.5. The van der Waals surface area contributed by atoms with Gasteiger partial charge in [0.25, 0.3) is 5.56 Å². The lowest BCUT2D eigenvalue weighted by molar-refractivity contribution is 0.311. The van der Waals surface area contributed by atoms with Crippen LogP contribution in [0.3, 0.4) is 0 Å². The van der Waals surface area contributed by atoms with Crippen LogP contribution in [0.15, 0.2) is 34.4 Å². The normalized spacial score (nSPS) is 11.5. The zero-order chi connectivity index (χ0) is 15.7. The minimum absolute atomic E-state index is 0.0933. The monoisotopic (exact) mass is 353 g/mol. The number of aromatic nitrogens is 2. The zero-order valence-corrected chi connectivity index (χ0v) is 14.1. The van der Waals surface area contributed by atoms with E-state index in [-0.39, 0.29) is 5.56 Å². The lowest BCUT2D eigenvalue weighted by Crippen LogP contribution is -2.21. The summed E-state index contributed by atoms with van der Waals surface area (Å²) in [7, 11) is 1.94. The third kappa shape index (κ3) is 3.17. The molecule has 22 heavy (non-hydrogen) atoms. The van der Waals surface area contributed by atoms with E-state index >= 15 is 0 Å². The molecule has 3 rings (SSSR count). The molecule has 0 radical (unpaired) electrons. The average molecular weight is 354 g/mol. The molecule has 0 saturated heterocycles. The molecular weight excluding hydrogens is 341 g/mol. The Kier molecular flexibility index (Phi) is 4.49. The van der Waals surface area contributed by atoms with Crippen LogP contribution in [0.4, 0.5) is 0 Å². The molecule has 7 heteroatoms. The Morgan fingerprint density at radius 1 is 1.27 bits per heavy atom. The Morgan fingerprint density at radius 2 is 2.09 bits per heavy atom. The van der Waals surface area contributed by atoms with Crippen molar-refractivity contribution in [2.24, 2.45) is 0 Å². The largest absolute Gasteiger partial charge is 0.308 e. The van der Waals surface area contributed by atoms with E-state index in [0.717, 1.165) is 11.1 Å². The molecule has 0 fully saturated rings. The van der Waals surface area contributed by atoms with Gasteiger partial charge in [-0.05, 0) is 30.1 Å². The van der Waals surface area contributed by atoms with Crippen molar-refractivity contribution >= 4 is 44.8 Å². The smallest absolute Gasteiger partial charge is 0.268 e. The van der Waals surface area contributed by atoms with Gasteiger partial charge in [0.2, 0.25) is 0 Å². The van der Waals surface area contributed by atoms with Crippen molar-refractivity contribution in [3.8, 4) is 0 Å². The first-order chi connectivity index (χ1) is 10.5. The molecule has 0 aliphatic carbocycles. The number of H-pyrrole nitrogens is 1. The molecule has 0 bridgehead atoms. The summed E-state index contributed by atoms with van der Waals surface area (Å²) >= 11 is 13.6. The topological polar surface area (TPSA) is 49.0 Å². The van der Waals surface area contributed by atoms with Crippen molar-refractivity contribution in [3.63, 3.8) is 0 Å². The van der Waals surface area contributed by atoms with E-state index in [4.69, 9.17) is 23.2 Å². The van der Waals surface area contributed by atoms with Gasteiger partial charge in [0.15, 0.2) is 0 Å². The molecule has 0 spiro atoms. The number of hydrogen-bond acceptors (Lipinski definition) is 4. The van der Waals surface area contributed by atoms with Crippen LogP contribution in [0.5, 0.6) is 0 Å². The van der Waals surface area contributed by atoms with Crippen molar-refractivity contribution in [1.29, 1.82) is 0 Å². The SMILES string of the molecule is CN(Cc1nc2ccsc2c(=O)[nH]1)Cc1cccc(Cl)c1Cl. The molecule has 0 saturated carbocycles. The number of benzene rings is 1. The van der Waals surface area contributed by atoms with Gasteiger partial charge < -0.3 is 4.98 Å². The van der Waals surface area contributed by atoms with Crippen LogP contribution < -0.4 is 5.56 Å². The van der Waals surface area contributed by atoms with E-state index in [1.807, 2.05) is 35.5 Å². The maximum absolute atomic E-state index is 12.0. The van der Waals surface area contributed by atoms with E-state index in [9.17, 15) is 4.79 Å². The zero-order valence-electron chi connectivity index (χ0n) is 11.8. The number of nitrogens with zero attached hydrogens (tertiary/aromatic N) is 2. The second-order valence-corrected chi connectivity index (χ2v) is 6.73. The Bertz CT molecular complexity index is 875. The third-order valence-electron chi connectivity index (χ3n) is 3.26. The quantitative estimate of drug-likeness (QED) is 0.773. The average Bonchev–Trinajstić information content (AvgIpc) is 2.93. The maximum atomic E-state index is 12.0. The molecule has 4 nitrogen and oxygen atoms in total. The highest BCUT2D eigenvalue weighted by atomic mass is 35.5. The van der Waals surface area contributed by atoms with Crippen molar-refractivity contribution in [2.75, 3.05) is 7.05 Å². The van der Waals surface area contributed by atoms with Crippen LogP contribution in [0.25, 0.3) is 10.2 Å². The highest BCUT2D eigenvalue weighted by Crippen LogP contribution is 2.26. The van der Waals surface area contributed by atoms with Gasteiger partial charge in [0.05, 0.1) is 22.1 Å². The van der Waals surface area contributed by atoms with Gasteiger partial charge in [-0.25, -0.2) is 4.98 Å². The Labute approximate surface area is 141 Å². The fraction of sp³-hybridized carbons (Fsp3) is 0.200. The summed E-state index contributed by atoms with van der Waals surface area (Å²) in [4.78, 5) is 21.3. The maximum Gasteiger partial charge on any atom is 0.268 e. The van der Waals surface area contributed by atoms with E-state index < -0.39 is 0 Å². The van der Waals surface area contributed by atoms with Crippen LogP contribution in [0, 0.1) is 0 Å². The van der Waals surface area contributed by atoms with Gasteiger partial charge >= 0.3 is 0 Å². The number of fused-ring (bicyclic) bond motifs is 1. The molecule has 2 aromatic heterocycles. The molecule has 3 aromatic rings. The van der Waals surface area contributed by atoms with E-state index in [1.165, 1.54) is 11.3 Å². The van der Waals surface area contributed by atoms with Crippen molar-refractivity contribution in [2.45, 2.75) is 13.1 Å². The van der Waals surface area contributed by atoms with Gasteiger partial charge in [0, 0.05) is 6.54 Å². The van der Waals surface area contributed by atoms with Crippen LogP contribution in [0.2, 0.25) is 10.0 Å². The fourth-order valence-electron chi connectivity index (χ4n) is 2.27. The van der Waals surface area contributed by atoms with Gasteiger partial charge in [-0.15, -0.1) is 11.3 Å². The van der Waals surface area contributed by atoms with Crippen LogP contribution >= 0.6 is 34.5 Å². The molecule has 1 aromatic carbocycles. The molecule has 114 valence electrons. The summed E-state index contributed by atoms with van der Waals surface area (Å²) in [6.45, 7) is 1.13. The highest BCUT2D eigenvalue weighted by molar-refractivity contribution is 7.17. The number of rotatable bonds is 4. The van der Waals surface area contributed by atoms with Crippen molar-refractivity contribution in [1.82, 2.24) is 14.9 Å². The Hall–Kier alpha value is -1.40. The lowest BCUT2D eigenvalue weighted by atomic mass is 10.2. The van der Waals surface area contributed by atoms with Gasteiger partial charge in [-0.1, -0.05) is 35.3 Å². The number of hydrogen-bond donors (Lipinski definition) is 1. The third-order valence-corrected chi connectivity index (χ3v) is 5.02. The first-order valence-electron chi connectivity index (χ1n) is 6.62. The molecular formula is C15H13Cl2N3OS. The predicted molar refractivity (Wildman–Crippen MR) is 91.9 cm³/mol. The molecule has 0 aliphatic rings. The standard InChI is InChI=1S/C15H13Cl2N3OS/c1-20(7-9-3-2-4-10(16)13(9)17)8-12-18-11-5-6-22-14(11)15(21)19-12/h2-6H,7-8H2,1H3,(H,18,19,21). The van der Waals surface area contributed by atoms with Crippen molar-refractivity contribution in [3.05, 3.63) is 61.4 Å². The minimum Gasteiger partial charge on any atom is -0.308 e. The number of aromatic amines is 1. The second-order valence-electron chi connectivity index (χ2n) is 5.03. The van der Waals surface area contributed by atoms with E-state index in [2.05, 4.69) is 9.97 Å².